The minimum Gasteiger partial charge on any atom is -0.386 e. The number of likely N-dealkylation sites (tertiary alicyclic amines) is 1. The van der Waals surface area contributed by atoms with E-state index in [4.69, 9.17) is 4.74 Å². The maximum atomic E-state index is 12.5. The fourth-order valence-electron chi connectivity index (χ4n) is 3.64. The van der Waals surface area contributed by atoms with Crippen LogP contribution in [0.3, 0.4) is 0 Å². The van der Waals surface area contributed by atoms with Gasteiger partial charge in [0.1, 0.15) is 0 Å². The molecular weight excluding hydrogens is 340 g/mol. The summed E-state index contributed by atoms with van der Waals surface area (Å²) in [7, 11) is 0. The maximum absolute atomic E-state index is 12.5. The summed E-state index contributed by atoms with van der Waals surface area (Å²) >= 11 is 0. The molecule has 0 bridgehead atoms. The van der Waals surface area contributed by atoms with Gasteiger partial charge in [0.2, 0.25) is 5.91 Å². The van der Waals surface area contributed by atoms with Gasteiger partial charge in [0.25, 0.3) is 0 Å². The molecule has 0 atom stereocenters. The number of allylic oxidation sites excluding steroid dienone is 1. The fourth-order valence-corrected chi connectivity index (χ4v) is 3.64. The molecule has 2 fully saturated rings. The van der Waals surface area contributed by atoms with E-state index >= 15 is 0 Å². The van der Waals surface area contributed by atoms with Crippen LogP contribution >= 0.6 is 0 Å². The Labute approximate surface area is 162 Å². The normalized spacial score (nSPS) is 20.3. The van der Waals surface area contributed by atoms with Crippen molar-refractivity contribution in [2.24, 2.45) is 5.92 Å². The Morgan fingerprint density at radius 2 is 1.78 bits per heavy atom. The highest BCUT2D eigenvalue weighted by Gasteiger charge is 2.23. The topological polar surface area (TPSA) is 53.0 Å². The molecule has 1 aromatic carbocycles. The highest BCUT2D eigenvalue weighted by molar-refractivity contribution is 5.78. The highest BCUT2D eigenvalue weighted by Crippen LogP contribution is 2.22. The molecule has 0 radical (unpaired) electrons. The van der Waals surface area contributed by atoms with Crippen molar-refractivity contribution >= 4 is 12.0 Å². The Bertz CT molecular complexity index is 635. The number of morpholine rings is 1. The molecule has 0 aromatic heterocycles. The number of rotatable bonds is 5. The molecule has 1 aromatic rings. The molecule has 0 unspecified atom stereocenters. The summed E-state index contributed by atoms with van der Waals surface area (Å²) in [4.78, 5) is 16.7. The van der Waals surface area contributed by atoms with Gasteiger partial charge in [0, 0.05) is 26.2 Å². The third-order valence-electron chi connectivity index (χ3n) is 5.53. The van der Waals surface area contributed by atoms with E-state index in [9.17, 15) is 9.90 Å². The van der Waals surface area contributed by atoms with Gasteiger partial charge in [-0.05, 0) is 43.7 Å². The van der Waals surface area contributed by atoms with Gasteiger partial charge in [-0.3, -0.25) is 9.69 Å². The first-order valence-electron chi connectivity index (χ1n) is 10.0. The van der Waals surface area contributed by atoms with Gasteiger partial charge < -0.3 is 14.7 Å². The summed E-state index contributed by atoms with van der Waals surface area (Å²) in [5, 5.41) is 10.0. The van der Waals surface area contributed by atoms with E-state index in [0.717, 1.165) is 63.4 Å². The number of amides is 1. The standard InChI is InChI=1S/C22H32N2O3/c1-22(2,26)20-7-5-18(6-8-20)3-4-19-9-11-24(12-10-19)21(25)17-23-13-15-27-16-14-23/h3-8,19,26H,9-17H2,1-2H3. The molecule has 0 saturated carbocycles. The van der Waals surface area contributed by atoms with Crippen LogP contribution in [0.1, 0.15) is 37.8 Å². The molecule has 2 heterocycles. The van der Waals surface area contributed by atoms with E-state index < -0.39 is 5.60 Å². The van der Waals surface area contributed by atoms with Crippen LogP contribution in [0.15, 0.2) is 30.3 Å². The van der Waals surface area contributed by atoms with E-state index in [1.165, 1.54) is 0 Å². The van der Waals surface area contributed by atoms with Crippen molar-refractivity contribution in [3.63, 3.8) is 0 Å². The lowest BCUT2D eigenvalue weighted by Gasteiger charge is -2.33. The summed E-state index contributed by atoms with van der Waals surface area (Å²) in [6, 6.07) is 8.05. The molecule has 0 aliphatic carbocycles. The monoisotopic (exact) mass is 372 g/mol. The summed E-state index contributed by atoms with van der Waals surface area (Å²) < 4.78 is 5.34. The van der Waals surface area contributed by atoms with Gasteiger partial charge in [-0.2, -0.15) is 0 Å². The average molecular weight is 373 g/mol. The van der Waals surface area contributed by atoms with Crippen molar-refractivity contribution in [3.8, 4) is 0 Å². The van der Waals surface area contributed by atoms with Crippen molar-refractivity contribution in [3.05, 3.63) is 41.5 Å². The first-order chi connectivity index (χ1) is 12.9. The highest BCUT2D eigenvalue weighted by atomic mass is 16.5. The molecule has 2 aliphatic rings. The first-order valence-corrected chi connectivity index (χ1v) is 10.0. The lowest BCUT2D eigenvalue weighted by atomic mass is 9.94. The number of hydrogen-bond acceptors (Lipinski definition) is 4. The summed E-state index contributed by atoms with van der Waals surface area (Å²) in [6.45, 7) is 8.99. The van der Waals surface area contributed by atoms with Gasteiger partial charge in [-0.15, -0.1) is 0 Å². The second-order valence-electron chi connectivity index (χ2n) is 8.15. The van der Waals surface area contributed by atoms with Crippen LogP contribution in [-0.2, 0) is 15.1 Å². The van der Waals surface area contributed by atoms with Gasteiger partial charge in [0.15, 0.2) is 0 Å². The Morgan fingerprint density at radius 3 is 2.37 bits per heavy atom. The molecule has 27 heavy (non-hydrogen) atoms. The Hall–Kier alpha value is -1.69. The van der Waals surface area contributed by atoms with E-state index in [0.29, 0.717) is 12.5 Å². The van der Waals surface area contributed by atoms with Crippen molar-refractivity contribution < 1.29 is 14.6 Å². The number of nitrogens with zero attached hydrogens (tertiary/aromatic N) is 2. The van der Waals surface area contributed by atoms with Crippen LogP contribution in [0.5, 0.6) is 0 Å². The van der Waals surface area contributed by atoms with E-state index in [1.807, 2.05) is 29.2 Å². The molecule has 0 spiro atoms. The number of ether oxygens (including phenoxy) is 1. The van der Waals surface area contributed by atoms with Crippen molar-refractivity contribution in [1.82, 2.24) is 9.80 Å². The number of benzene rings is 1. The van der Waals surface area contributed by atoms with E-state index in [-0.39, 0.29) is 5.91 Å². The lowest BCUT2D eigenvalue weighted by Crippen LogP contribution is -2.46. The van der Waals surface area contributed by atoms with Crippen molar-refractivity contribution in [2.45, 2.75) is 32.3 Å². The van der Waals surface area contributed by atoms with Crippen LogP contribution in [0.2, 0.25) is 0 Å². The quantitative estimate of drug-likeness (QED) is 0.863. The van der Waals surface area contributed by atoms with Crippen LogP contribution in [0.4, 0.5) is 0 Å². The molecule has 148 valence electrons. The van der Waals surface area contributed by atoms with Crippen molar-refractivity contribution in [1.29, 1.82) is 0 Å². The van der Waals surface area contributed by atoms with E-state index in [2.05, 4.69) is 17.1 Å². The van der Waals surface area contributed by atoms with E-state index in [1.54, 1.807) is 13.8 Å². The molecule has 5 heteroatoms. The molecule has 1 amide bonds. The average Bonchev–Trinajstić information content (AvgIpc) is 2.67. The fraction of sp³-hybridized carbons (Fsp3) is 0.591. The maximum Gasteiger partial charge on any atom is 0.236 e. The second-order valence-corrected chi connectivity index (χ2v) is 8.15. The zero-order valence-electron chi connectivity index (χ0n) is 16.6. The predicted molar refractivity (Wildman–Crippen MR) is 107 cm³/mol. The van der Waals surface area contributed by atoms with Crippen LogP contribution in [-0.4, -0.2) is 66.8 Å². The Kier molecular flexibility index (Phi) is 6.68. The molecule has 2 aliphatic heterocycles. The third-order valence-corrected chi connectivity index (χ3v) is 5.53. The van der Waals surface area contributed by atoms with Crippen LogP contribution in [0, 0.1) is 5.92 Å². The molecule has 1 N–H and O–H groups in total. The van der Waals surface area contributed by atoms with Crippen molar-refractivity contribution in [2.75, 3.05) is 45.9 Å². The zero-order valence-corrected chi connectivity index (χ0v) is 16.6. The van der Waals surface area contributed by atoms with Crippen LogP contribution in [0.25, 0.3) is 6.08 Å². The Morgan fingerprint density at radius 1 is 1.15 bits per heavy atom. The summed E-state index contributed by atoms with van der Waals surface area (Å²) in [5.74, 6) is 0.771. The number of carbonyl (C=O) groups is 1. The minimum absolute atomic E-state index is 0.251. The Balaban J connectivity index is 1.44. The molecular formula is C22H32N2O3. The predicted octanol–water partition coefficient (Wildman–Crippen LogP) is 2.50. The molecule has 3 rings (SSSR count). The summed E-state index contributed by atoms with van der Waals surface area (Å²) in [5.41, 5.74) is 1.27. The number of piperidine rings is 1. The second kappa shape index (κ2) is 9.00. The molecule has 5 nitrogen and oxygen atoms in total. The van der Waals surface area contributed by atoms with Crippen LogP contribution < -0.4 is 0 Å². The lowest BCUT2D eigenvalue weighted by molar-refractivity contribution is -0.134. The number of aliphatic hydroxyl groups is 1. The zero-order chi connectivity index (χ0) is 19.3. The number of carbonyl (C=O) groups excluding carboxylic acids is 1. The third kappa shape index (κ3) is 5.89. The largest absolute Gasteiger partial charge is 0.386 e. The molecule has 2 saturated heterocycles. The minimum atomic E-state index is -0.803. The number of hydrogen-bond donors (Lipinski definition) is 1. The summed E-state index contributed by atoms with van der Waals surface area (Å²) in [6.07, 6.45) is 6.47. The van der Waals surface area contributed by atoms with Gasteiger partial charge in [-0.1, -0.05) is 36.4 Å². The van der Waals surface area contributed by atoms with Gasteiger partial charge >= 0.3 is 0 Å². The smallest absolute Gasteiger partial charge is 0.236 e. The van der Waals surface area contributed by atoms with Gasteiger partial charge in [0.05, 0.1) is 25.4 Å². The SMILES string of the molecule is CC(C)(O)c1ccc(C=CC2CCN(C(=O)CN3CCOCC3)CC2)cc1. The first kappa shape index (κ1) is 20.1. The van der Waals surface area contributed by atoms with Gasteiger partial charge in [-0.25, -0.2) is 0 Å².